The number of amides is 1. The van der Waals surface area contributed by atoms with E-state index in [9.17, 15) is 4.79 Å². The zero-order chi connectivity index (χ0) is 16.9. The third-order valence-corrected chi connectivity index (χ3v) is 3.68. The monoisotopic (exact) mass is 325 g/mol. The third kappa shape index (κ3) is 3.35. The molecule has 1 N–H and O–H groups in total. The van der Waals surface area contributed by atoms with Gasteiger partial charge in [0.1, 0.15) is 17.1 Å². The first-order valence-corrected chi connectivity index (χ1v) is 7.76. The Hall–Kier alpha value is -2.95. The van der Waals surface area contributed by atoms with Crippen molar-refractivity contribution in [1.82, 2.24) is 5.32 Å². The van der Waals surface area contributed by atoms with Gasteiger partial charge in [-0.05, 0) is 42.8 Å². The summed E-state index contributed by atoms with van der Waals surface area (Å²) in [6, 6.07) is 12.9. The van der Waals surface area contributed by atoms with Gasteiger partial charge in [-0.25, -0.2) is 0 Å². The van der Waals surface area contributed by atoms with Gasteiger partial charge < -0.3 is 19.2 Å². The number of methoxy groups -OCH3 is 1. The molecule has 0 aliphatic carbocycles. The van der Waals surface area contributed by atoms with E-state index in [0.717, 1.165) is 16.7 Å². The largest absolute Gasteiger partial charge is 0.497 e. The van der Waals surface area contributed by atoms with E-state index in [4.69, 9.17) is 13.9 Å². The fourth-order valence-electron chi connectivity index (χ4n) is 2.51. The van der Waals surface area contributed by atoms with Crippen molar-refractivity contribution in [3.63, 3.8) is 0 Å². The number of ether oxygens (including phenoxy) is 2. The molecule has 1 heterocycles. The maximum Gasteiger partial charge on any atom is 0.251 e. The summed E-state index contributed by atoms with van der Waals surface area (Å²) >= 11 is 0. The molecule has 5 nitrogen and oxygen atoms in total. The number of rotatable bonds is 6. The summed E-state index contributed by atoms with van der Waals surface area (Å²) in [4.78, 5) is 12.5. The number of nitrogens with one attached hydrogen (secondary N) is 1. The van der Waals surface area contributed by atoms with Crippen molar-refractivity contribution >= 4 is 16.9 Å². The van der Waals surface area contributed by atoms with Crippen molar-refractivity contribution in [3.8, 4) is 11.5 Å². The van der Waals surface area contributed by atoms with Gasteiger partial charge in [-0.2, -0.15) is 0 Å². The van der Waals surface area contributed by atoms with Crippen LogP contribution in [-0.2, 0) is 6.54 Å². The highest BCUT2D eigenvalue weighted by Gasteiger charge is 2.13. The minimum absolute atomic E-state index is 0.183. The lowest BCUT2D eigenvalue weighted by Crippen LogP contribution is -2.22. The second-order valence-corrected chi connectivity index (χ2v) is 5.27. The summed E-state index contributed by atoms with van der Waals surface area (Å²) in [7, 11) is 1.62. The van der Waals surface area contributed by atoms with E-state index < -0.39 is 0 Å². The molecule has 1 aromatic heterocycles. The predicted molar refractivity (Wildman–Crippen MR) is 91.5 cm³/mol. The molecule has 24 heavy (non-hydrogen) atoms. The highest BCUT2D eigenvalue weighted by molar-refractivity contribution is 5.99. The fourth-order valence-corrected chi connectivity index (χ4v) is 2.51. The second kappa shape index (κ2) is 7.08. The summed E-state index contributed by atoms with van der Waals surface area (Å²) in [5.74, 6) is 1.23. The van der Waals surface area contributed by atoms with Gasteiger partial charge in [0.15, 0.2) is 0 Å². The second-order valence-electron chi connectivity index (χ2n) is 5.27. The SMILES string of the molecule is CCOc1cc(C(=O)NCc2cccc(OC)c2)cc2occc12. The minimum Gasteiger partial charge on any atom is -0.497 e. The zero-order valence-corrected chi connectivity index (χ0v) is 13.7. The van der Waals surface area contributed by atoms with Crippen molar-refractivity contribution in [3.05, 3.63) is 59.9 Å². The van der Waals surface area contributed by atoms with E-state index in [2.05, 4.69) is 5.32 Å². The van der Waals surface area contributed by atoms with Crippen LogP contribution in [0.3, 0.4) is 0 Å². The van der Waals surface area contributed by atoms with Crippen molar-refractivity contribution < 1.29 is 18.7 Å². The van der Waals surface area contributed by atoms with Gasteiger partial charge in [0.2, 0.25) is 0 Å². The average Bonchev–Trinajstić information content (AvgIpc) is 3.09. The maximum absolute atomic E-state index is 12.5. The lowest BCUT2D eigenvalue weighted by Gasteiger charge is -2.09. The molecule has 1 amide bonds. The standard InChI is InChI=1S/C19H19NO4/c1-3-23-17-10-14(11-18-16(17)7-8-24-18)19(21)20-12-13-5-4-6-15(9-13)22-2/h4-11H,3,12H2,1-2H3,(H,20,21). The van der Waals surface area contributed by atoms with Gasteiger partial charge in [-0.1, -0.05) is 12.1 Å². The molecule has 0 bridgehead atoms. The van der Waals surface area contributed by atoms with E-state index in [1.807, 2.05) is 37.3 Å². The van der Waals surface area contributed by atoms with Crippen molar-refractivity contribution in [2.75, 3.05) is 13.7 Å². The van der Waals surface area contributed by atoms with Gasteiger partial charge in [0, 0.05) is 12.1 Å². The molecule has 0 aliphatic rings. The van der Waals surface area contributed by atoms with Crippen molar-refractivity contribution in [2.45, 2.75) is 13.5 Å². The number of carbonyl (C=O) groups excluding carboxylic acids is 1. The Morgan fingerprint density at radius 2 is 2.08 bits per heavy atom. The summed E-state index contributed by atoms with van der Waals surface area (Å²) in [5.41, 5.74) is 2.10. The molecule has 3 aromatic rings. The molecule has 0 radical (unpaired) electrons. The Labute approximate surface area is 140 Å². The zero-order valence-electron chi connectivity index (χ0n) is 13.7. The van der Waals surface area contributed by atoms with E-state index in [1.165, 1.54) is 0 Å². The molecular weight excluding hydrogens is 306 g/mol. The van der Waals surface area contributed by atoms with E-state index in [-0.39, 0.29) is 5.91 Å². The molecule has 124 valence electrons. The van der Waals surface area contributed by atoms with Crippen LogP contribution in [-0.4, -0.2) is 19.6 Å². The molecule has 3 rings (SSSR count). The molecule has 0 unspecified atom stereocenters. The van der Waals surface area contributed by atoms with Gasteiger partial charge >= 0.3 is 0 Å². The van der Waals surface area contributed by atoms with Crippen LogP contribution in [0.1, 0.15) is 22.8 Å². The molecule has 5 heteroatoms. The highest BCUT2D eigenvalue weighted by atomic mass is 16.5. The first kappa shape index (κ1) is 15.9. The number of carbonyl (C=O) groups is 1. The molecule has 0 saturated heterocycles. The summed E-state index contributed by atoms with van der Waals surface area (Å²) in [6.07, 6.45) is 1.59. The minimum atomic E-state index is -0.183. The molecule has 2 aromatic carbocycles. The molecule has 0 fully saturated rings. The van der Waals surface area contributed by atoms with Gasteiger partial charge in [-0.15, -0.1) is 0 Å². The van der Waals surface area contributed by atoms with Crippen molar-refractivity contribution in [2.24, 2.45) is 0 Å². The van der Waals surface area contributed by atoms with Gasteiger partial charge in [-0.3, -0.25) is 4.79 Å². The maximum atomic E-state index is 12.5. The van der Waals surface area contributed by atoms with Crippen LogP contribution in [0.4, 0.5) is 0 Å². The summed E-state index contributed by atoms with van der Waals surface area (Å²) in [6.45, 7) is 2.84. The Kier molecular flexibility index (Phi) is 4.70. The molecule has 0 aliphatic heterocycles. The molecule has 0 saturated carbocycles. The number of hydrogen-bond donors (Lipinski definition) is 1. The number of hydrogen-bond acceptors (Lipinski definition) is 4. The van der Waals surface area contributed by atoms with E-state index in [1.54, 1.807) is 25.5 Å². The lowest BCUT2D eigenvalue weighted by atomic mass is 10.1. The number of furan rings is 1. The number of fused-ring (bicyclic) bond motifs is 1. The Morgan fingerprint density at radius 1 is 1.21 bits per heavy atom. The summed E-state index contributed by atoms with van der Waals surface area (Å²) < 4.78 is 16.2. The quantitative estimate of drug-likeness (QED) is 0.749. The van der Waals surface area contributed by atoms with Crippen LogP contribution in [0.5, 0.6) is 11.5 Å². The summed E-state index contributed by atoms with van der Waals surface area (Å²) in [5, 5.41) is 3.76. The molecular formula is C19H19NO4. The smallest absolute Gasteiger partial charge is 0.251 e. The van der Waals surface area contributed by atoms with Crippen LogP contribution in [0, 0.1) is 0 Å². The third-order valence-electron chi connectivity index (χ3n) is 3.68. The van der Waals surface area contributed by atoms with E-state index >= 15 is 0 Å². The van der Waals surface area contributed by atoms with Crippen LogP contribution < -0.4 is 14.8 Å². The Morgan fingerprint density at radius 3 is 2.88 bits per heavy atom. The van der Waals surface area contributed by atoms with Gasteiger partial charge in [0.05, 0.1) is 25.4 Å². The van der Waals surface area contributed by atoms with E-state index in [0.29, 0.717) is 30.0 Å². The lowest BCUT2D eigenvalue weighted by molar-refractivity contribution is 0.0950. The van der Waals surface area contributed by atoms with Crippen LogP contribution in [0.2, 0.25) is 0 Å². The first-order valence-electron chi connectivity index (χ1n) is 7.76. The first-order chi connectivity index (χ1) is 11.7. The van der Waals surface area contributed by atoms with Crippen LogP contribution >= 0.6 is 0 Å². The Balaban J connectivity index is 1.78. The van der Waals surface area contributed by atoms with Crippen molar-refractivity contribution in [1.29, 1.82) is 0 Å². The van der Waals surface area contributed by atoms with Crippen LogP contribution in [0.25, 0.3) is 11.0 Å². The number of benzene rings is 2. The average molecular weight is 325 g/mol. The highest BCUT2D eigenvalue weighted by Crippen LogP contribution is 2.28. The topological polar surface area (TPSA) is 60.7 Å². The van der Waals surface area contributed by atoms with Gasteiger partial charge in [0.25, 0.3) is 5.91 Å². The fraction of sp³-hybridized carbons (Fsp3) is 0.211. The van der Waals surface area contributed by atoms with Crippen LogP contribution in [0.15, 0.2) is 53.1 Å². The molecule has 0 atom stereocenters. The normalized spacial score (nSPS) is 10.6. The molecule has 0 spiro atoms. The Bertz CT molecular complexity index is 853. The predicted octanol–water partition coefficient (Wildman–Crippen LogP) is 3.77.